The van der Waals surface area contributed by atoms with Crippen LogP contribution in [0.15, 0.2) is 28.9 Å². The molecule has 1 N–H and O–H groups in total. The monoisotopic (exact) mass is 339 g/mol. The van der Waals surface area contributed by atoms with Crippen molar-refractivity contribution in [3.8, 4) is 0 Å². The van der Waals surface area contributed by atoms with Crippen LogP contribution in [0.5, 0.6) is 0 Å². The van der Waals surface area contributed by atoms with Crippen molar-refractivity contribution in [2.75, 3.05) is 5.32 Å². The number of hydrogen-bond donors (Lipinski definition) is 1. The highest BCUT2D eigenvalue weighted by Crippen LogP contribution is 2.36. The van der Waals surface area contributed by atoms with Gasteiger partial charge in [0.15, 0.2) is 0 Å². The van der Waals surface area contributed by atoms with E-state index in [4.69, 9.17) is 11.6 Å². The molecule has 3 nitrogen and oxygen atoms in total. The van der Waals surface area contributed by atoms with Crippen molar-refractivity contribution in [1.82, 2.24) is 9.78 Å². The lowest BCUT2D eigenvalue weighted by atomic mass is 9.93. The van der Waals surface area contributed by atoms with Gasteiger partial charge in [-0.05, 0) is 47.3 Å². The molecule has 0 saturated carbocycles. The number of nitrogens with one attached hydrogen (secondary N) is 1. The van der Waals surface area contributed by atoms with Gasteiger partial charge in [-0.1, -0.05) is 17.7 Å². The van der Waals surface area contributed by atoms with E-state index in [1.54, 1.807) is 0 Å². The van der Waals surface area contributed by atoms with Gasteiger partial charge in [-0.15, -0.1) is 0 Å². The Labute approximate surface area is 126 Å². The van der Waals surface area contributed by atoms with Crippen LogP contribution in [0.1, 0.15) is 30.1 Å². The molecule has 2 aromatic rings. The zero-order chi connectivity index (χ0) is 13.4. The van der Waals surface area contributed by atoms with E-state index < -0.39 is 0 Å². The molecule has 100 valence electrons. The molecular formula is C14H15BrClN3. The van der Waals surface area contributed by atoms with Crippen molar-refractivity contribution in [3.63, 3.8) is 0 Å². The molecule has 0 saturated heterocycles. The zero-order valence-corrected chi connectivity index (χ0v) is 13.0. The molecule has 0 radical (unpaired) electrons. The van der Waals surface area contributed by atoms with Crippen molar-refractivity contribution in [1.29, 1.82) is 0 Å². The number of hydrogen-bond acceptors (Lipinski definition) is 2. The van der Waals surface area contributed by atoms with Crippen LogP contribution in [0.3, 0.4) is 0 Å². The van der Waals surface area contributed by atoms with Gasteiger partial charge in [0.1, 0.15) is 0 Å². The minimum Gasteiger partial charge on any atom is -0.377 e. The average molecular weight is 341 g/mol. The molecular weight excluding hydrogens is 326 g/mol. The number of anilines is 1. The third-order valence-corrected chi connectivity index (χ3v) is 5.05. The fourth-order valence-corrected chi connectivity index (χ4v) is 3.21. The topological polar surface area (TPSA) is 29.9 Å². The molecule has 1 unspecified atom stereocenters. The first-order valence-electron chi connectivity index (χ1n) is 6.38. The van der Waals surface area contributed by atoms with E-state index in [1.807, 2.05) is 36.1 Å². The standard InChI is InChI=1S/C14H15BrClN3/c1-19-13-7-3-5-11(9(13)8-17-19)18-12-6-2-4-10(16)14(12)15/h2,4,6,8,11,18H,3,5,7H2,1H3. The van der Waals surface area contributed by atoms with Gasteiger partial charge in [0.05, 0.1) is 27.4 Å². The van der Waals surface area contributed by atoms with Crippen molar-refractivity contribution in [3.05, 3.63) is 45.1 Å². The molecule has 1 atom stereocenters. The second-order valence-electron chi connectivity index (χ2n) is 4.86. The van der Waals surface area contributed by atoms with Gasteiger partial charge in [0.2, 0.25) is 0 Å². The number of fused-ring (bicyclic) bond motifs is 1. The Morgan fingerprint density at radius 1 is 1.47 bits per heavy atom. The summed E-state index contributed by atoms with van der Waals surface area (Å²) in [4.78, 5) is 0. The highest BCUT2D eigenvalue weighted by Gasteiger charge is 2.23. The first-order valence-corrected chi connectivity index (χ1v) is 7.55. The first-order chi connectivity index (χ1) is 9.16. The predicted molar refractivity (Wildman–Crippen MR) is 81.7 cm³/mol. The summed E-state index contributed by atoms with van der Waals surface area (Å²) in [5.74, 6) is 0. The first kappa shape index (κ1) is 13.0. The van der Waals surface area contributed by atoms with Crippen molar-refractivity contribution < 1.29 is 0 Å². The molecule has 1 aliphatic rings. The summed E-state index contributed by atoms with van der Waals surface area (Å²) >= 11 is 9.67. The van der Waals surface area contributed by atoms with Crippen molar-refractivity contribution in [2.24, 2.45) is 7.05 Å². The largest absolute Gasteiger partial charge is 0.377 e. The lowest BCUT2D eigenvalue weighted by Crippen LogP contribution is -2.18. The quantitative estimate of drug-likeness (QED) is 0.882. The maximum Gasteiger partial charge on any atom is 0.0593 e. The van der Waals surface area contributed by atoms with E-state index in [0.717, 1.165) is 28.0 Å². The van der Waals surface area contributed by atoms with Gasteiger partial charge >= 0.3 is 0 Å². The van der Waals surface area contributed by atoms with Gasteiger partial charge in [0, 0.05) is 18.3 Å². The second-order valence-corrected chi connectivity index (χ2v) is 6.06. The molecule has 1 aliphatic carbocycles. The molecule has 5 heteroatoms. The summed E-state index contributed by atoms with van der Waals surface area (Å²) < 4.78 is 2.91. The van der Waals surface area contributed by atoms with Crippen LogP contribution in [-0.4, -0.2) is 9.78 Å². The van der Waals surface area contributed by atoms with Gasteiger partial charge in [-0.3, -0.25) is 4.68 Å². The normalized spacial score (nSPS) is 18.2. The highest BCUT2D eigenvalue weighted by atomic mass is 79.9. The molecule has 0 fully saturated rings. The molecule has 1 aromatic carbocycles. The Bertz CT molecular complexity index is 609. The van der Waals surface area contributed by atoms with Crippen LogP contribution < -0.4 is 5.32 Å². The van der Waals surface area contributed by atoms with E-state index in [0.29, 0.717) is 6.04 Å². The predicted octanol–water partition coefficient (Wildman–Crippen LogP) is 4.33. The summed E-state index contributed by atoms with van der Waals surface area (Å²) in [5.41, 5.74) is 3.68. The number of rotatable bonds is 2. The summed E-state index contributed by atoms with van der Waals surface area (Å²) in [6.45, 7) is 0. The second kappa shape index (κ2) is 5.17. The molecule has 1 aromatic heterocycles. The summed E-state index contributed by atoms with van der Waals surface area (Å²) in [6, 6.07) is 6.20. The van der Waals surface area contributed by atoms with Crippen LogP contribution in [0.4, 0.5) is 5.69 Å². The molecule has 0 amide bonds. The van der Waals surface area contributed by atoms with Crippen LogP contribution in [0.25, 0.3) is 0 Å². The van der Waals surface area contributed by atoms with Gasteiger partial charge in [-0.25, -0.2) is 0 Å². The van der Waals surface area contributed by atoms with Crippen molar-refractivity contribution in [2.45, 2.75) is 25.3 Å². The van der Waals surface area contributed by atoms with Gasteiger partial charge in [0.25, 0.3) is 0 Å². The minimum absolute atomic E-state index is 0.312. The number of aromatic nitrogens is 2. The molecule has 0 aliphatic heterocycles. The van der Waals surface area contributed by atoms with E-state index in [-0.39, 0.29) is 0 Å². The Hall–Kier alpha value is -1.000. The summed E-state index contributed by atoms with van der Waals surface area (Å²) in [7, 11) is 2.01. The average Bonchev–Trinajstić information content (AvgIpc) is 2.78. The third-order valence-electron chi connectivity index (χ3n) is 3.66. The number of benzene rings is 1. The maximum absolute atomic E-state index is 6.13. The Morgan fingerprint density at radius 3 is 3.16 bits per heavy atom. The zero-order valence-electron chi connectivity index (χ0n) is 10.7. The smallest absolute Gasteiger partial charge is 0.0593 e. The fourth-order valence-electron chi connectivity index (χ4n) is 2.66. The van der Waals surface area contributed by atoms with E-state index >= 15 is 0 Å². The molecule has 3 rings (SSSR count). The molecule has 0 spiro atoms. The van der Waals surface area contributed by atoms with Crippen LogP contribution in [-0.2, 0) is 13.5 Å². The van der Waals surface area contributed by atoms with E-state index in [1.165, 1.54) is 17.7 Å². The van der Waals surface area contributed by atoms with Gasteiger partial charge < -0.3 is 5.32 Å². The number of nitrogens with zero attached hydrogens (tertiary/aromatic N) is 2. The van der Waals surface area contributed by atoms with Crippen molar-refractivity contribution >= 4 is 33.2 Å². The van der Waals surface area contributed by atoms with Gasteiger partial charge in [-0.2, -0.15) is 5.10 Å². The fraction of sp³-hybridized carbons (Fsp3) is 0.357. The van der Waals surface area contributed by atoms with Crippen LogP contribution in [0.2, 0.25) is 5.02 Å². The molecule has 19 heavy (non-hydrogen) atoms. The van der Waals surface area contributed by atoms with Crippen LogP contribution in [0, 0.1) is 0 Å². The Kier molecular flexibility index (Phi) is 3.54. The lowest BCUT2D eigenvalue weighted by Gasteiger charge is -2.25. The maximum atomic E-state index is 6.13. The molecule has 0 bridgehead atoms. The Balaban J connectivity index is 1.91. The number of halogens is 2. The lowest BCUT2D eigenvalue weighted by molar-refractivity contribution is 0.571. The third kappa shape index (κ3) is 2.39. The van der Waals surface area contributed by atoms with E-state index in [2.05, 4.69) is 26.3 Å². The number of aryl methyl sites for hydroxylation is 1. The minimum atomic E-state index is 0.312. The molecule has 1 heterocycles. The highest BCUT2D eigenvalue weighted by molar-refractivity contribution is 9.10. The Morgan fingerprint density at radius 2 is 2.32 bits per heavy atom. The van der Waals surface area contributed by atoms with Crippen LogP contribution >= 0.6 is 27.5 Å². The van der Waals surface area contributed by atoms with E-state index in [9.17, 15) is 0 Å². The summed E-state index contributed by atoms with van der Waals surface area (Å²) in [5, 5.41) is 8.67. The SMILES string of the molecule is Cn1ncc2c1CCCC2Nc1cccc(Cl)c1Br. The summed E-state index contributed by atoms with van der Waals surface area (Å²) in [6.07, 6.45) is 5.39.